The first-order valence-electron chi connectivity index (χ1n) is 10.4. The second-order valence-corrected chi connectivity index (χ2v) is 7.99. The maximum atomic E-state index is 13.2. The van der Waals surface area contributed by atoms with E-state index >= 15 is 0 Å². The van der Waals surface area contributed by atoms with Gasteiger partial charge in [-0.1, -0.05) is 35.9 Å². The van der Waals surface area contributed by atoms with E-state index in [1.54, 1.807) is 60.9 Å². The Bertz CT molecular complexity index is 1180. The molecule has 1 atom stereocenters. The van der Waals surface area contributed by atoms with Gasteiger partial charge in [0, 0.05) is 23.6 Å². The highest BCUT2D eigenvalue weighted by molar-refractivity contribution is 6.51. The topological polar surface area (TPSA) is 79.7 Å². The molecule has 0 radical (unpaired) electrons. The van der Waals surface area contributed by atoms with E-state index in [-0.39, 0.29) is 17.4 Å². The van der Waals surface area contributed by atoms with Crippen molar-refractivity contribution in [1.29, 1.82) is 0 Å². The van der Waals surface area contributed by atoms with Crippen molar-refractivity contribution >= 4 is 23.1 Å². The van der Waals surface area contributed by atoms with E-state index in [0.29, 0.717) is 22.6 Å². The average molecular weight is 428 g/mol. The van der Waals surface area contributed by atoms with Gasteiger partial charge in [0.15, 0.2) is 0 Å². The van der Waals surface area contributed by atoms with Crippen molar-refractivity contribution in [2.75, 3.05) is 4.90 Å². The van der Waals surface area contributed by atoms with Gasteiger partial charge in [-0.05, 0) is 56.7 Å². The highest BCUT2D eigenvalue weighted by Gasteiger charge is 2.47. The van der Waals surface area contributed by atoms with Crippen LogP contribution in [0.1, 0.15) is 36.6 Å². The lowest BCUT2D eigenvalue weighted by Crippen LogP contribution is -2.29. The van der Waals surface area contributed by atoms with Crippen LogP contribution in [0.25, 0.3) is 5.76 Å². The summed E-state index contributed by atoms with van der Waals surface area (Å²) < 4.78 is 5.72. The molecule has 0 spiro atoms. The number of ketones is 1. The van der Waals surface area contributed by atoms with Crippen molar-refractivity contribution in [2.24, 2.45) is 0 Å². The molecular formula is C26H24N2O4. The number of amides is 1. The molecule has 0 saturated carbocycles. The standard InChI is InChI=1S/C26H24N2O4/c1-16(2)32-21-8-4-6-18(14-21)24(29)22-23(19-7-5-13-27-15-19)28(26(31)25(22)30)20-11-9-17(3)10-12-20/h4-16,23,29H,1-3H3/b24-22-. The minimum Gasteiger partial charge on any atom is -0.507 e. The molecule has 0 aliphatic carbocycles. The van der Waals surface area contributed by atoms with Gasteiger partial charge >= 0.3 is 0 Å². The number of anilines is 1. The zero-order chi connectivity index (χ0) is 22.8. The third-order valence-corrected chi connectivity index (χ3v) is 5.24. The van der Waals surface area contributed by atoms with E-state index in [9.17, 15) is 14.7 Å². The van der Waals surface area contributed by atoms with E-state index in [0.717, 1.165) is 5.56 Å². The second kappa shape index (κ2) is 8.67. The Morgan fingerprint density at radius 1 is 1.06 bits per heavy atom. The summed E-state index contributed by atoms with van der Waals surface area (Å²) in [6.07, 6.45) is 3.17. The molecule has 1 aliphatic heterocycles. The molecule has 1 amide bonds. The summed E-state index contributed by atoms with van der Waals surface area (Å²) in [5.41, 5.74) is 2.65. The van der Waals surface area contributed by atoms with Crippen LogP contribution >= 0.6 is 0 Å². The van der Waals surface area contributed by atoms with Crippen LogP contribution in [-0.4, -0.2) is 27.9 Å². The number of aromatic nitrogens is 1. The average Bonchev–Trinajstić information content (AvgIpc) is 3.05. The number of aliphatic hydroxyl groups excluding tert-OH is 1. The molecule has 4 rings (SSSR count). The molecule has 162 valence electrons. The van der Waals surface area contributed by atoms with Gasteiger partial charge in [-0.15, -0.1) is 0 Å². The highest BCUT2D eigenvalue weighted by atomic mass is 16.5. The molecular weight excluding hydrogens is 404 g/mol. The number of ether oxygens (including phenoxy) is 1. The highest BCUT2D eigenvalue weighted by Crippen LogP contribution is 2.42. The Labute approximate surface area is 186 Å². The van der Waals surface area contributed by atoms with E-state index in [4.69, 9.17) is 4.74 Å². The molecule has 1 unspecified atom stereocenters. The van der Waals surface area contributed by atoms with Crippen LogP contribution in [0.15, 0.2) is 78.6 Å². The zero-order valence-corrected chi connectivity index (χ0v) is 18.1. The number of nitrogens with zero attached hydrogens (tertiary/aromatic N) is 2. The molecule has 1 aromatic heterocycles. The van der Waals surface area contributed by atoms with E-state index in [2.05, 4.69) is 4.98 Å². The molecule has 2 aromatic carbocycles. The minimum atomic E-state index is -0.805. The normalized spacial score (nSPS) is 17.8. The Kier molecular flexibility index (Phi) is 5.77. The lowest BCUT2D eigenvalue weighted by Gasteiger charge is -2.25. The summed E-state index contributed by atoms with van der Waals surface area (Å²) in [5, 5.41) is 11.2. The van der Waals surface area contributed by atoms with Gasteiger partial charge in [0.2, 0.25) is 0 Å². The van der Waals surface area contributed by atoms with E-state index in [1.165, 1.54) is 4.90 Å². The summed E-state index contributed by atoms with van der Waals surface area (Å²) in [4.78, 5) is 31.9. The minimum absolute atomic E-state index is 0.0188. The number of benzene rings is 2. The monoisotopic (exact) mass is 428 g/mol. The van der Waals surface area contributed by atoms with Crippen molar-refractivity contribution in [3.05, 3.63) is 95.3 Å². The summed E-state index contributed by atoms with van der Waals surface area (Å²) in [7, 11) is 0. The SMILES string of the molecule is Cc1ccc(N2C(=O)C(=O)/C(=C(\O)c3cccc(OC(C)C)c3)C2c2cccnc2)cc1. The van der Waals surface area contributed by atoms with Gasteiger partial charge in [-0.25, -0.2) is 0 Å². The number of Topliss-reactive ketones (excluding diaryl/α,β-unsaturated/α-hetero) is 1. The number of rotatable bonds is 5. The predicted molar refractivity (Wildman–Crippen MR) is 122 cm³/mol. The first-order valence-corrected chi connectivity index (χ1v) is 10.4. The molecule has 1 aliphatic rings. The van der Waals surface area contributed by atoms with Crippen molar-refractivity contribution in [3.63, 3.8) is 0 Å². The maximum absolute atomic E-state index is 13.2. The van der Waals surface area contributed by atoms with Crippen LogP contribution in [-0.2, 0) is 9.59 Å². The molecule has 1 saturated heterocycles. The quantitative estimate of drug-likeness (QED) is 0.359. The fourth-order valence-electron chi connectivity index (χ4n) is 3.80. The van der Waals surface area contributed by atoms with Crippen LogP contribution in [0.3, 0.4) is 0 Å². The first-order chi connectivity index (χ1) is 15.4. The van der Waals surface area contributed by atoms with Crippen LogP contribution < -0.4 is 9.64 Å². The lowest BCUT2D eigenvalue weighted by atomic mass is 9.96. The third kappa shape index (κ3) is 3.99. The molecule has 1 fully saturated rings. The Hall–Kier alpha value is -3.93. The number of carbonyl (C=O) groups is 2. The molecule has 32 heavy (non-hydrogen) atoms. The van der Waals surface area contributed by atoms with Crippen LogP contribution in [0, 0.1) is 6.92 Å². The largest absolute Gasteiger partial charge is 0.507 e. The number of aryl methyl sites for hydroxylation is 1. The van der Waals surface area contributed by atoms with Crippen molar-refractivity contribution in [2.45, 2.75) is 32.9 Å². The Morgan fingerprint density at radius 2 is 1.81 bits per heavy atom. The predicted octanol–water partition coefficient (Wildman–Crippen LogP) is 4.80. The number of hydrogen-bond donors (Lipinski definition) is 1. The third-order valence-electron chi connectivity index (χ3n) is 5.24. The van der Waals surface area contributed by atoms with E-state index in [1.807, 2.05) is 32.9 Å². The molecule has 0 bridgehead atoms. The smallest absolute Gasteiger partial charge is 0.300 e. The summed E-state index contributed by atoms with van der Waals surface area (Å²) in [5.74, 6) is -1.12. The number of pyridine rings is 1. The van der Waals surface area contributed by atoms with Crippen LogP contribution in [0.2, 0.25) is 0 Å². The van der Waals surface area contributed by atoms with E-state index < -0.39 is 17.7 Å². The first kappa shape index (κ1) is 21.3. The summed E-state index contributed by atoms with van der Waals surface area (Å²) in [6, 6.07) is 16.9. The Morgan fingerprint density at radius 3 is 2.47 bits per heavy atom. The second-order valence-electron chi connectivity index (χ2n) is 7.99. The van der Waals surface area contributed by atoms with Gasteiger partial charge in [-0.3, -0.25) is 19.5 Å². The molecule has 6 heteroatoms. The molecule has 3 aromatic rings. The summed E-state index contributed by atoms with van der Waals surface area (Å²) >= 11 is 0. The maximum Gasteiger partial charge on any atom is 0.300 e. The van der Waals surface area contributed by atoms with Gasteiger partial charge in [0.1, 0.15) is 11.5 Å². The van der Waals surface area contributed by atoms with Crippen LogP contribution in [0.4, 0.5) is 5.69 Å². The fourth-order valence-corrected chi connectivity index (χ4v) is 3.80. The lowest BCUT2D eigenvalue weighted by molar-refractivity contribution is -0.132. The molecule has 2 heterocycles. The Balaban J connectivity index is 1.89. The van der Waals surface area contributed by atoms with Crippen molar-refractivity contribution in [1.82, 2.24) is 4.98 Å². The molecule has 1 N–H and O–H groups in total. The van der Waals surface area contributed by atoms with Gasteiger partial charge in [0.25, 0.3) is 11.7 Å². The zero-order valence-electron chi connectivity index (χ0n) is 18.1. The van der Waals surface area contributed by atoms with Crippen LogP contribution in [0.5, 0.6) is 5.75 Å². The van der Waals surface area contributed by atoms with Gasteiger partial charge in [0.05, 0.1) is 17.7 Å². The van der Waals surface area contributed by atoms with Gasteiger partial charge < -0.3 is 9.84 Å². The number of carbonyl (C=O) groups excluding carboxylic acids is 2. The van der Waals surface area contributed by atoms with Crippen molar-refractivity contribution in [3.8, 4) is 5.75 Å². The fraction of sp³-hybridized carbons (Fsp3) is 0.192. The van der Waals surface area contributed by atoms with Gasteiger partial charge in [-0.2, -0.15) is 0 Å². The summed E-state index contributed by atoms with van der Waals surface area (Å²) in [6.45, 7) is 5.76. The van der Waals surface area contributed by atoms with Crippen molar-refractivity contribution < 1.29 is 19.4 Å². The number of aliphatic hydroxyl groups is 1. The molecule has 6 nitrogen and oxygen atoms in total. The number of hydrogen-bond acceptors (Lipinski definition) is 5.